The van der Waals surface area contributed by atoms with Crippen molar-refractivity contribution in [3.63, 3.8) is 0 Å². The molecule has 0 aromatic heterocycles. The number of carbonyl (C=O) groups is 1. The van der Waals surface area contributed by atoms with Crippen LogP contribution in [0.15, 0.2) is 18.2 Å². The fourth-order valence-electron chi connectivity index (χ4n) is 2.75. The van der Waals surface area contributed by atoms with Gasteiger partial charge >= 0.3 is 0 Å². The third-order valence-corrected chi connectivity index (χ3v) is 3.95. The van der Waals surface area contributed by atoms with Crippen LogP contribution in [0.2, 0.25) is 0 Å². The normalized spacial score (nSPS) is 23.4. The van der Waals surface area contributed by atoms with Gasteiger partial charge in [-0.05, 0) is 38.4 Å². The molecule has 1 aliphatic rings. The van der Waals surface area contributed by atoms with E-state index in [0.717, 1.165) is 25.1 Å². The van der Waals surface area contributed by atoms with Gasteiger partial charge in [0.1, 0.15) is 5.75 Å². The van der Waals surface area contributed by atoms with E-state index in [4.69, 9.17) is 0 Å². The van der Waals surface area contributed by atoms with E-state index in [0.29, 0.717) is 17.5 Å². The molecule has 4 nitrogen and oxygen atoms in total. The number of aryl methyl sites for hydroxylation is 1. The van der Waals surface area contributed by atoms with Gasteiger partial charge in [0.05, 0.1) is 5.56 Å². The van der Waals surface area contributed by atoms with Crippen LogP contribution in [-0.4, -0.2) is 42.1 Å². The number of piperidine rings is 1. The maximum atomic E-state index is 12.5. The summed E-state index contributed by atoms with van der Waals surface area (Å²) in [4.78, 5) is 14.3. The number of amides is 1. The van der Waals surface area contributed by atoms with Crippen molar-refractivity contribution in [2.45, 2.75) is 26.3 Å². The monoisotopic (exact) mass is 262 g/mol. The summed E-state index contributed by atoms with van der Waals surface area (Å²) in [5.74, 6) is 0.427. The van der Waals surface area contributed by atoms with Gasteiger partial charge in [-0.2, -0.15) is 0 Å². The zero-order chi connectivity index (χ0) is 14.0. The zero-order valence-corrected chi connectivity index (χ0v) is 11.8. The van der Waals surface area contributed by atoms with Gasteiger partial charge in [0.2, 0.25) is 0 Å². The third kappa shape index (κ3) is 2.89. The highest BCUT2D eigenvalue weighted by molar-refractivity contribution is 5.97. The maximum absolute atomic E-state index is 12.5. The minimum atomic E-state index is -0.0670. The summed E-state index contributed by atoms with van der Waals surface area (Å²) in [6, 6.07) is 5.62. The van der Waals surface area contributed by atoms with E-state index in [1.54, 1.807) is 12.1 Å². The molecule has 4 heteroatoms. The molecule has 1 saturated heterocycles. The van der Waals surface area contributed by atoms with Crippen LogP contribution in [0.25, 0.3) is 0 Å². The zero-order valence-electron chi connectivity index (χ0n) is 11.8. The first-order valence-electron chi connectivity index (χ1n) is 6.79. The van der Waals surface area contributed by atoms with Gasteiger partial charge in [-0.25, -0.2) is 0 Å². The Hall–Kier alpha value is -1.55. The highest BCUT2D eigenvalue weighted by Gasteiger charge is 2.29. The predicted octanol–water partition coefficient (Wildman–Crippen LogP) is 1.77. The lowest BCUT2D eigenvalue weighted by Gasteiger charge is -2.37. The highest BCUT2D eigenvalue weighted by Crippen LogP contribution is 2.23. The van der Waals surface area contributed by atoms with Crippen molar-refractivity contribution in [2.24, 2.45) is 5.92 Å². The second kappa shape index (κ2) is 5.61. The van der Waals surface area contributed by atoms with Crippen LogP contribution in [-0.2, 0) is 0 Å². The lowest BCUT2D eigenvalue weighted by atomic mass is 9.93. The van der Waals surface area contributed by atoms with Crippen LogP contribution < -0.4 is 5.32 Å². The number of phenols is 1. The molecule has 1 amide bonds. The van der Waals surface area contributed by atoms with Crippen LogP contribution in [0.5, 0.6) is 5.75 Å². The van der Waals surface area contributed by atoms with Crippen molar-refractivity contribution >= 4 is 5.91 Å². The second-order valence-corrected chi connectivity index (χ2v) is 5.43. The van der Waals surface area contributed by atoms with E-state index >= 15 is 0 Å². The second-order valence-electron chi connectivity index (χ2n) is 5.43. The first-order valence-corrected chi connectivity index (χ1v) is 6.79. The predicted molar refractivity (Wildman–Crippen MR) is 75.4 cm³/mol. The number of phenolic OH excluding ortho intramolecular Hbond substituents is 1. The number of hydrogen-bond donors (Lipinski definition) is 2. The van der Waals surface area contributed by atoms with Crippen LogP contribution in [0.3, 0.4) is 0 Å². The molecule has 2 rings (SSSR count). The third-order valence-electron chi connectivity index (χ3n) is 3.95. The quantitative estimate of drug-likeness (QED) is 0.854. The molecular weight excluding hydrogens is 240 g/mol. The van der Waals surface area contributed by atoms with Crippen LogP contribution in [0.1, 0.15) is 29.3 Å². The van der Waals surface area contributed by atoms with E-state index in [-0.39, 0.29) is 11.7 Å². The maximum Gasteiger partial charge on any atom is 0.257 e. The molecule has 1 heterocycles. The van der Waals surface area contributed by atoms with E-state index in [9.17, 15) is 9.90 Å². The Morgan fingerprint density at radius 3 is 2.84 bits per heavy atom. The lowest BCUT2D eigenvalue weighted by Crippen LogP contribution is -2.49. The Kier molecular flexibility index (Phi) is 4.10. The van der Waals surface area contributed by atoms with Crippen molar-refractivity contribution in [1.82, 2.24) is 10.2 Å². The summed E-state index contributed by atoms with van der Waals surface area (Å²) in [6.45, 7) is 5.54. The molecule has 1 aromatic carbocycles. The van der Waals surface area contributed by atoms with Crippen LogP contribution in [0, 0.1) is 12.8 Å². The Labute approximate surface area is 114 Å². The van der Waals surface area contributed by atoms with Gasteiger partial charge in [0.15, 0.2) is 0 Å². The number of benzene rings is 1. The van der Waals surface area contributed by atoms with Gasteiger partial charge in [0, 0.05) is 19.1 Å². The van der Waals surface area contributed by atoms with Crippen molar-refractivity contribution in [2.75, 3.05) is 20.1 Å². The van der Waals surface area contributed by atoms with Gasteiger partial charge in [-0.1, -0.05) is 18.6 Å². The number of carbonyl (C=O) groups excluding carboxylic acids is 1. The van der Waals surface area contributed by atoms with Crippen LogP contribution >= 0.6 is 0 Å². The average molecular weight is 262 g/mol. The minimum absolute atomic E-state index is 0.0670. The molecular formula is C15H22N2O2. The van der Waals surface area contributed by atoms with E-state index in [1.165, 1.54) is 0 Å². The van der Waals surface area contributed by atoms with Gasteiger partial charge in [-0.15, -0.1) is 0 Å². The fourth-order valence-corrected chi connectivity index (χ4v) is 2.75. The van der Waals surface area contributed by atoms with Gasteiger partial charge in [0.25, 0.3) is 5.91 Å². The van der Waals surface area contributed by atoms with Crippen molar-refractivity contribution in [1.29, 1.82) is 0 Å². The molecule has 0 spiro atoms. The molecule has 1 fully saturated rings. The largest absolute Gasteiger partial charge is 0.507 e. The molecule has 0 radical (unpaired) electrons. The minimum Gasteiger partial charge on any atom is -0.507 e. The summed E-state index contributed by atoms with van der Waals surface area (Å²) in [7, 11) is 1.96. The molecule has 1 aromatic rings. The smallest absolute Gasteiger partial charge is 0.257 e. The number of rotatable bonds is 2. The Bertz CT molecular complexity index is 473. The fraction of sp³-hybridized carbons (Fsp3) is 0.533. The summed E-state index contributed by atoms with van der Waals surface area (Å²) < 4.78 is 0. The number of likely N-dealkylation sites (tertiary alicyclic amines) is 1. The Morgan fingerprint density at radius 1 is 1.47 bits per heavy atom. The standard InChI is InChI=1S/C15H22N2O2/c1-10-4-5-14(18)12(8-10)15(19)17-7-6-13(16-3)11(2)9-17/h4-5,8,11,13,16,18H,6-7,9H2,1-3H3. The number of aromatic hydroxyl groups is 1. The lowest BCUT2D eigenvalue weighted by molar-refractivity contribution is 0.0646. The number of nitrogens with zero attached hydrogens (tertiary/aromatic N) is 1. The molecule has 19 heavy (non-hydrogen) atoms. The van der Waals surface area contributed by atoms with E-state index < -0.39 is 0 Å². The molecule has 2 unspecified atom stereocenters. The Morgan fingerprint density at radius 2 is 2.21 bits per heavy atom. The van der Waals surface area contributed by atoms with E-state index in [2.05, 4.69) is 12.2 Å². The average Bonchev–Trinajstić information content (AvgIpc) is 2.40. The highest BCUT2D eigenvalue weighted by atomic mass is 16.3. The first-order chi connectivity index (χ1) is 9.02. The number of hydrogen-bond acceptors (Lipinski definition) is 3. The van der Waals surface area contributed by atoms with Crippen molar-refractivity contribution < 1.29 is 9.90 Å². The van der Waals surface area contributed by atoms with E-state index in [1.807, 2.05) is 24.9 Å². The van der Waals surface area contributed by atoms with Gasteiger partial charge in [-0.3, -0.25) is 4.79 Å². The summed E-state index contributed by atoms with van der Waals surface area (Å²) in [5.41, 5.74) is 1.40. The molecule has 0 saturated carbocycles. The van der Waals surface area contributed by atoms with Crippen LogP contribution in [0.4, 0.5) is 0 Å². The molecule has 2 N–H and O–H groups in total. The SMILES string of the molecule is CNC1CCN(C(=O)c2cc(C)ccc2O)CC1C. The van der Waals surface area contributed by atoms with Gasteiger partial charge < -0.3 is 15.3 Å². The molecule has 0 aliphatic carbocycles. The topological polar surface area (TPSA) is 52.6 Å². The summed E-state index contributed by atoms with van der Waals surface area (Å²) in [5, 5.41) is 13.1. The first kappa shape index (κ1) is 13.9. The van der Waals surface area contributed by atoms with Crippen molar-refractivity contribution in [3.8, 4) is 5.75 Å². The number of nitrogens with one attached hydrogen (secondary N) is 1. The summed E-state index contributed by atoms with van der Waals surface area (Å²) >= 11 is 0. The summed E-state index contributed by atoms with van der Waals surface area (Å²) in [6.07, 6.45) is 0.954. The molecule has 1 aliphatic heterocycles. The molecule has 0 bridgehead atoms. The molecule has 2 atom stereocenters. The van der Waals surface area contributed by atoms with Crippen molar-refractivity contribution in [3.05, 3.63) is 29.3 Å². The molecule has 104 valence electrons. The Balaban J connectivity index is 2.14.